The Morgan fingerprint density at radius 1 is 1.30 bits per heavy atom. The summed E-state index contributed by atoms with van der Waals surface area (Å²) in [5.41, 5.74) is 0. The second kappa shape index (κ2) is 6.22. The van der Waals surface area contributed by atoms with E-state index in [2.05, 4.69) is 14.8 Å². The lowest BCUT2D eigenvalue weighted by atomic mass is 10.2. The molecule has 0 aromatic carbocycles. The van der Waals surface area contributed by atoms with Crippen LogP contribution in [0.3, 0.4) is 0 Å². The Balaban J connectivity index is 1.52. The number of Topliss-reactive ketones (excluding diaryl/α,β-unsaturated/α-hetero) is 1. The van der Waals surface area contributed by atoms with Gasteiger partial charge in [0, 0.05) is 37.8 Å². The van der Waals surface area contributed by atoms with Crippen molar-refractivity contribution >= 4 is 45.2 Å². The number of hydrogen-bond acceptors (Lipinski definition) is 6. The number of carbonyl (C=O) groups excluding carboxylic acids is 1. The number of piperazine rings is 1. The summed E-state index contributed by atoms with van der Waals surface area (Å²) >= 11 is 8.88. The number of thiophene rings is 1. The van der Waals surface area contributed by atoms with Crippen molar-refractivity contribution in [3.63, 3.8) is 0 Å². The van der Waals surface area contributed by atoms with Gasteiger partial charge in [0.1, 0.15) is 0 Å². The molecule has 0 bridgehead atoms. The van der Waals surface area contributed by atoms with E-state index in [4.69, 9.17) is 11.6 Å². The van der Waals surface area contributed by atoms with Crippen LogP contribution in [0.25, 0.3) is 0 Å². The molecule has 1 aliphatic rings. The van der Waals surface area contributed by atoms with Crippen LogP contribution in [-0.4, -0.2) is 48.4 Å². The Morgan fingerprint density at radius 3 is 2.70 bits per heavy atom. The molecule has 0 N–H and O–H groups in total. The minimum atomic E-state index is 0.157. The average Bonchev–Trinajstić information content (AvgIpc) is 3.10. The van der Waals surface area contributed by atoms with Gasteiger partial charge in [0.15, 0.2) is 10.9 Å². The first-order chi connectivity index (χ1) is 9.72. The van der Waals surface area contributed by atoms with Crippen LogP contribution >= 0.6 is 34.3 Å². The highest BCUT2D eigenvalue weighted by molar-refractivity contribution is 7.18. The molecule has 0 unspecified atom stereocenters. The van der Waals surface area contributed by atoms with E-state index in [1.807, 2.05) is 11.6 Å². The summed E-state index contributed by atoms with van der Waals surface area (Å²) in [5, 5.41) is 3.06. The molecule has 0 aliphatic carbocycles. The van der Waals surface area contributed by atoms with Gasteiger partial charge in [-0.2, -0.15) is 0 Å². The lowest BCUT2D eigenvalue weighted by Gasteiger charge is -2.34. The monoisotopic (exact) mass is 327 g/mol. The van der Waals surface area contributed by atoms with Crippen LogP contribution in [0, 0.1) is 0 Å². The largest absolute Gasteiger partial charge is 0.346 e. The molecular formula is C13H14ClN3OS2. The van der Waals surface area contributed by atoms with Gasteiger partial charge in [0.2, 0.25) is 0 Å². The van der Waals surface area contributed by atoms with Crippen LogP contribution in [0.4, 0.5) is 5.13 Å². The van der Waals surface area contributed by atoms with Crippen LogP contribution in [0.5, 0.6) is 0 Å². The standard InChI is InChI=1S/C13H14ClN3OS2/c14-12-2-1-11(20-12)10(18)9-16-4-6-17(7-5-16)13-15-3-8-19-13/h1-3,8H,4-7,9H2. The fraction of sp³-hybridized carbons (Fsp3) is 0.385. The zero-order valence-electron chi connectivity index (χ0n) is 10.8. The van der Waals surface area contributed by atoms with Crippen molar-refractivity contribution in [3.05, 3.63) is 32.9 Å². The third-order valence-corrected chi connectivity index (χ3v) is 5.38. The molecule has 4 nitrogen and oxygen atoms in total. The van der Waals surface area contributed by atoms with Crippen molar-refractivity contribution < 1.29 is 4.79 Å². The van der Waals surface area contributed by atoms with Gasteiger partial charge in [-0.05, 0) is 12.1 Å². The molecule has 106 valence electrons. The first-order valence-corrected chi connectivity index (χ1v) is 8.45. The summed E-state index contributed by atoms with van der Waals surface area (Å²) in [6.45, 7) is 4.11. The van der Waals surface area contributed by atoms with Gasteiger partial charge in [0.05, 0.1) is 15.8 Å². The molecule has 7 heteroatoms. The zero-order chi connectivity index (χ0) is 13.9. The normalized spacial score (nSPS) is 16.6. The fourth-order valence-electron chi connectivity index (χ4n) is 2.21. The lowest BCUT2D eigenvalue weighted by molar-refractivity contribution is 0.0930. The maximum Gasteiger partial charge on any atom is 0.186 e. The van der Waals surface area contributed by atoms with E-state index in [9.17, 15) is 4.79 Å². The van der Waals surface area contributed by atoms with Gasteiger partial charge in [-0.1, -0.05) is 11.6 Å². The van der Waals surface area contributed by atoms with E-state index in [1.165, 1.54) is 11.3 Å². The van der Waals surface area contributed by atoms with E-state index < -0.39 is 0 Å². The maximum atomic E-state index is 12.1. The Kier molecular flexibility index (Phi) is 4.35. The Labute approximate surface area is 130 Å². The molecule has 20 heavy (non-hydrogen) atoms. The predicted octanol–water partition coefficient (Wildman–Crippen LogP) is 2.86. The van der Waals surface area contributed by atoms with Gasteiger partial charge < -0.3 is 4.90 Å². The van der Waals surface area contributed by atoms with Crippen molar-refractivity contribution in [2.75, 3.05) is 37.6 Å². The molecule has 1 fully saturated rings. The molecule has 0 radical (unpaired) electrons. The molecule has 0 amide bonds. The summed E-state index contributed by atoms with van der Waals surface area (Å²) in [4.78, 5) is 21.7. The predicted molar refractivity (Wildman–Crippen MR) is 84.4 cm³/mol. The van der Waals surface area contributed by atoms with Crippen molar-refractivity contribution in [1.82, 2.24) is 9.88 Å². The van der Waals surface area contributed by atoms with E-state index in [1.54, 1.807) is 23.5 Å². The molecule has 0 atom stereocenters. The Morgan fingerprint density at radius 2 is 2.10 bits per heavy atom. The number of halogens is 1. The van der Waals surface area contributed by atoms with Gasteiger partial charge in [-0.15, -0.1) is 22.7 Å². The third-order valence-electron chi connectivity index (χ3n) is 3.28. The molecule has 1 saturated heterocycles. The van der Waals surface area contributed by atoms with Gasteiger partial charge in [-0.25, -0.2) is 4.98 Å². The highest BCUT2D eigenvalue weighted by atomic mass is 35.5. The van der Waals surface area contributed by atoms with Crippen LogP contribution in [0.15, 0.2) is 23.7 Å². The number of carbonyl (C=O) groups is 1. The van der Waals surface area contributed by atoms with Crippen LogP contribution < -0.4 is 4.90 Å². The molecule has 0 spiro atoms. The zero-order valence-corrected chi connectivity index (χ0v) is 13.2. The van der Waals surface area contributed by atoms with Crippen LogP contribution in [0.2, 0.25) is 4.34 Å². The quantitative estimate of drug-likeness (QED) is 0.809. The molecule has 3 heterocycles. The van der Waals surface area contributed by atoms with Crippen molar-refractivity contribution in [2.45, 2.75) is 0 Å². The summed E-state index contributed by atoms with van der Waals surface area (Å²) in [6, 6.07) is 3.58. The Hall–Kier alpha value is -0.950. The van der Waals surface area contributed by atoms with Crippen molar-refractivity contribution in [2.24, 2.45) is 0 Å². The maximum absolute atomic E-state index is 12.1. The first-order valence-electron chi connectivity index (χ1n) is 6.38. The number of anilines is 1. The van der Waals surface area contributed by atoms with Gasteiger partial charge in [-0.3, -0.25) is 9.69 Å². The van der Waals surface area contributed by atoms with E-state index >= 15 is 0 Å². The number of nitrogens with zero attached hydrogens (tertiary/aromatic N) is 3. The molecule has 2 aromatic heterocycles. The smallest absolute Gasteiger partial charge is 0.186 e. The number of aromatic nitrogens is 1. The second-order valence-corrected chi connectivity index (χ2v) is 7.19. The summed E-state index contributed by atoms with van der Waals surface area (Å²) in [6.07, 6.45) is 1.83. The minimum Gasteiger partial charge on any atom is -0.346 e. The summed E-state index contributed by atoms with van der Waals surface area (Å²) in [7, 11) is 0. The second-order valence-electron chi connectivity index (χ2n) is 4.60. The average molecular weight is 328 g/mol. The summed E-state index contributed by atoms with van der Waals surface area (Å²) < 4.78 is 0.668. The number of thiazole rings is 1. The third kappa shape index (κ3) is 3.20. The Bertz CT molecular complexity index is 576. The topological polar surface area (TPSA) is 36.4 Å². The highest BCUT2D eigenvalue weighted by Crippen LogP contribution is 2.23. The summed E-state index contributed by atoms with van der Waals surface area (Å²) in [5.74, 6) is 0.157. The number of rotatable bonds is 4. The van der Waals surface area contributed by atoms with Crippen molar-refractivity contribution in [3.8, 4) is 0 Å². The van der Waals surface area contributed by atoms with Crippen molar-refractivity contribution in [1.29, 1.82) is 0 Å². The molecule has 1 aliphatic heterocycles. The van der Waals surface area contributed by atoms with Crippen LogP contribution in [-0.2, 0) is 0 Å². The fourth-order valence-corrected chi connectivity index (χ4v) is 3.88. The van der Waals surface area contributed by atoms with Crippen LogP contribution in [0.1, 0.15) is 9.67 Å². The number of hydrogen-bond donors (Lipinski definition) is 0. The number of ketones is 1. The van der Waals surface area contributed by atoms with E-state index in [-0.39, 0.29) is 5.78 Å². The van der Waals surface area contributed by atoms with E-state index in [0.717, 1.165) is 36.2 Å². The first kappa shape index (κ1) is 14.0. The molecule has 2 aromatic rings. The molecule has 3 rings (SSSR count). The van der Waals surface area contributed by atoms with Gasteiger partial charge >= 0.3 is 0 Å². The van der Waals surface area contributed by atoms with E-state index in [0.29, 0.717) is 10.9 Å². The van der Waals surface area contributed by atoms with Gasteiger partial charge in [0.25, 0.3) is 0 Å². The highest BCUT2D eigenvalue weighted by Gasteiger charge is 2.21. The minimum absolute atomic E-state index is 0.157. The molecule has 0 saturated carbocycles. The molecular weight excluding hydrogens is 314 g/mol. The lowest BCUT2D eigenvalue weighted by Crippen LogP contribution is -2.47. The SMILES string of the molecule is O=C(CN1CCN(c2nccs2)CC1)c1ccc(Cl)s1.